The summed E-state index contributed by atoms with van der Waals surface area (Å²) < 4.78 is 5.34. The van der Waals surface area contributed by atoms with Crippen LogP contribution in [0.2, 0.25) is 0 Å². The van der Waals surface area contributed by atoms with Crippen LogP contribution in [0.5, 0.6) is 0 Å². The minimum Gasteiger partial charge on any atom is -0.480 e. The van der Waals surface area contributed by atoms with Crippen LogP contribution in [0.4, 0.5) is 4.79 Å². The average molecular weight is 335 g/mol. The standard InChI is InChI=1S/C19H29NO4/c1-12-9-10-13(2)14(11-12)19(6,7)15(16(21)22)20(8)17(23)24-18(3,4)5/h9-11,15H,1-8H3,(H,21,22). The van der Waals surface area contributed by atoms with Gasteiger partial charge in [-0.3, -0.25) is 4.90 Å². The third kappa shape index (κ3) is 4.49. The maximum atomic E-state index is 12.4. The zero-order chi connectivity index (χ0) is 18.9. The molecule has 1 amide bonds. The summed E-state index contributed by atoms with van der Waals surface area (Å²) in [5.41, 5.74) is 1.48. The monoisotopic (exact) mass is 335 g/mol. The van der Waals surface area contributed by atoms with E-state index in [1.807, 2.05) is 45.9 Å². The summed E-state index contributed by atoms with van der Waals surface area (Å²) in [4.78, 5) is 25.5. The fourth-order valence-corrected chi connectivity index (χ4v) is 2.98. The van der Waals surface area contributed by atoms with Crippen molar-refractivity contribution in [3.8, 4) is 0 Å². The van der Waals surface area contributed by atoms with E-state index in [4.69, 9.17) is 4.74 Å². The predicted octanol–water partition coefficient (Wildman–Crippen LogP) is 3.90. The summed E-state index contributed by atoms with van der Waals surface area (Å²) in [6.07, 6.45) is -0.645. The van der Waals surface area contributed by atoms with Gasteiger partial charge < -0.3 is 9.84 Å². The number of hydrogen-bond donors (Lipinski definition) is 1. The lowest BCUT2D eigenvalue weighted by molar-refractivity contribution is -0.145. The van der Waals surface area contributed by atoms with E-state index in [-0.39, 0.29) is 0 Å². The lowest BCUT2D eigenvalue weighted by Crippen LogP contribution is -2.54. The van der Waals surface area contributed by atoms with Gasteiger partial charge in [0.05, 0.1) is 0 Å². The number of likely N-dealkylation sites (N-methyl/N-ethyl adjacent to an activating group) is 1. The van der Waals surface area contributed by atoms with Gasteiger partial charge in [0, 0.05) is 12.5 Å². The molecule has 5 heteroatoms. The molecule has 24 heavy (non-hydrogen) atoms. The molecule has 0 radical (unpaired) electrons. The summed E-state index contributed by atoms with van der Waals surface area (Å²) >= 11 is 0. The molecule has 1 aromatic carbocycles. The highest BCUT2D eigenvalue weighted by Crippen LogP contribution is 2.33. The first kappa shape index (κ1) is 20.0. The number of benzene rings is 1. The van der Waals surface area contributed by atoms with Gasteiger partial charge in [0.2, 0.25) is 0 Å². The van der Waals surface area contributed by atoms with Crippen molar-refractivity contribution >= 4 is 12.1 Å². The molecule has 1 aromatic rings. The molecule has 0 spiro atoms. The van der Waals surface area contributed by atoms with Crippen LogP contribution in [-0.4, -0.2) is 40.8 Å². The third-order valence-electron chi connectivity index (χ3n) is 4.07. The molecule has 0 fully saturated rings. The maximum Gasteiger partial charge on any atom is 0.410 e. The van der Waals surface area contributed by atoms with E-state index in [1.165, 1.54) is 11.9 Å². The van der Waals surface area contributed by atoms with E-state index in [0.29, 0.717) is 0 Å². The Bertz CT molecular complexity index is 629. The molecule has 1 N–H and O–H groups in total. The number of amides is 1. The molecule has 0 saturated heterocycles. The Balaban J connectivity index is 3.30. The fraction of sp³-hybridized carbons (Fsp3) is 0.579. The minimum atomic E-state index is -1.06. The highest BCUT2D eigenvalue weighted by Gasteiger charge is 2.43. The fourth-order valence-electron chi connectivity index (χ4n) is 2.98. The SMILES string of the molecule is Cc1ccc(C)c(C(C)(C)C(C(=O)O)N(C)C(=O)OC(C)(C)C)c1. The summed E-state index contributed by atoms with van der Waals surface area (Å²) in [5, 5.41) is 9.80. The zero-order valence-electron chi connectivity index (χ0n) is 15.9. The number of carbonyl (C=O) groups is 2. The summed E-state index contributed by atoms with van der Waals surface area (Å²) in [7, 11) is 1.47. The van der Waals surface area contributed by atoms with Gasteiger partial charge in [-0.05, 0) is 45.7 Å². The van der Waals surface area contributed by atoms with E-state index < -0.39 is 29.1 Å². The number of rotatable bonds is 4. The van der Waals surface area contributed by atoms with Crippen LogP contribution >= 0.6 is 0 Å². The lowest BCUT2D eigenvalue weighted by Gasteiger charge is -2.39. The molecule has 5 nitrogen and oxygen atoms in total. The van der Waals surface area contributed by atoms with Gasteiger partial charge in [0.15, 0.2) is 0 Å². The molecule has 0 aliphatic rings. The Labute approximate surface area is 144 Å². The zero-order valence-corrected chi connectivity index (χ0v) is 15.9. The molecule has 134 valence electrons. The van der Waals surface area contributed by atoms with Gasteiger partial charge in [-0.2, -0.15) is 0 Å². The molecule has 0 heterocycles. The van der Waals surface area contributed by atoms with E-state index >= 15 is 0 Å². The molecule has 0 saturated carbocycles. The van der Waals surface area contributed by atoms with Crippen molar-refractivity contribution in [1.82, 2.24) is 4.90 Å². The van der Waals surface area contributed by atoms with Gasteiger partial charge in [0.1, 0.15) is 11.6 Å². The highest BCUT2D eigenvalue weighted by atomic mass is 16.6. The minimum absolute atomic E-state index is 0.645. The van der Waals surface area contributed by atoms with Gasteiger partial charge in [-0.25, -0.2) is 9.59 Å². The molecule has 1 atom stereocenters. The Morgan fingerprint density at radius 2 is 1.67 bits per heavy atom. The summed E-state index contributed by atoms with van der Waals surface area (Å²) in [6.45, 7) is 12.9. The number of ether oxygens (including phenoxy) is 1. The second kappa shape index (κ2) is 6.83. The van der Waals surface area contributed by atoms with Crippen LogP contribution in [0.1, 0.15) is 51.3 Å². The molecule has 0 aliphatic carbocycles. The topological polar surface area (TPSA) is 66.8 Å². The second-order valence-electron chi connectivity index (χ2n) is 7.87. The number of aliphatic carboxylic acids is 1. The van der Waals surface area contributed by atoms with Crippen LogP contribution in [0.25, 0.3) is 0 Å². The van der Waals surface area contributed by atoms with Crippen molar-refractivity contribution in [2.45, 2.75) is 65.5 Å². The van der Waals surface area contributed by atoms with Crippen LogP contribution < -0.4 is 0 Å². The Morgan fingerprint density at radius 3 is 2.12 bits per heavy atom. The van der Waals surface area contributed by atoms with Crippen LogP contribution in [0.3, 0.4) is 0 Å². The lowest BCUT2D eigenvalue weighted by atomic mass is 9.75. The number of carboxylic acid groups (broad SMARTS) is 1. The van der Waals surface area contributed by atoms with Crippen LogP contribution in [-0.2, 0) is 14.9 Å². The normalized spacial score (nSPS) is 13.3. The van der Waals surface area contributed by atoms with E-state index in [2.05, 4.69) is 0 Å². The van der Waals surface area contributed by atoms with Crippen molar-refractivity contribution in [2.24, 2.45) is 0 Å². The van der Waals surface area contributed by atoms with E-state index in [1.54, 1.807) is 20.8 Å². The second-order valence-corrected chi connectivity index (χ2v) is 7.87. The van der Waals surface area contributed by atoms with Gasteiger partial charge in [-0.1, -0.05) is 37.6 Å². The first-order valence-corrected chi connectivity index (χ1v) is 8.03. The van der Waals surface area contributed by atoms with Crippen molar-refractivity contribution < 1.29 is 19.4 Å². The first-order valence-electron chi connectivity index (χ1n) is 8.03. The number of aryl methyl sites for hydroxylation is 2. The summed E-state index contributed by atoms with van der Waals surface area (Å²) in [6, 6.07) is 4.89. The van der Waals surface area contributed by atoms with Crippen molar-refractivity contribution in [3.63, 3.8) is 0 Å². The van der Waals surface area contributed by atoms with E-state index in [9.17, 15) is 14.7 Å². The molecule has 0 bridgehead atoms. The Kier molecular flexibility index (Phi) is 5.70. The smallest absolute Gasteiger partial charge is 0.410 e. The Morgan fingerprint density at radius 1 is 1.12 bits per heavy atom. The van der Waals surface area contributed by atoms with Crippen LogP contribution in [0.15, 0.2) is 18.2 Å². The molecule has 0 aromatic heterocycles. The van der Waals surface area contributed by atoms with Gasteiger partial charge >= 0.3 is 12.1 Å². The third-order valence-corrected chi connectivity index (χ3v) is 4.07. The molecule has 1 unspecified atom stereocenters. The number of nitrogens with zero attached hydrogens (tertiary/aromatic N) is 1. The van der Waals surface area contributed by atoms with Crippen molar-refractivity contribution in [2.75, 3.05) is 7.05 Å². The average Bonchev–Trinajstić information content (AvgIpc) is 2.38. The number of carbonyl (C=O) groups excluding carboxylic acids is 1. The molecule has 1 rings (SSSR count). The van der Waals surface area contributed by atoms with Crippen molar-refractivity contribution in [3.05, 3.63) is 34.9 Å². The summed E-state index contributed by atoms with van der Waals surface area (Å²) in [5.74, 6) is -1.06. The van der Waals surface area contributed by atoms with Crippen molar-refractivity contribution in [1.29, 1.82) is 0 Å². The molecule has 0 aliphatic heterocycles. The predicted molar refractivity (Wildman–Crippen MR) is 94.4 cm³/mol. The molecular formula is C19H29NO4. The highest BCUT2D eigenvalue weighted by molar-refractivity contribution is 5.82. The van der Waals surface area contributed by atoms with E-state index in [0.717, 1.165) is 16.7 Å². The van der Waals surface area contributed by atoms with Gasteiger partial charge in [-0.15, -0.1) is 0 Å². The number of carboxylic acids is 1. The largest absolute Gasteiger partial charge is 0.480 e. The van der Waals surface area contributed by atoms with Gasteiger partial charge in [0.25, 0.3) is 0 Å². The number of hydrogen-bond acceptors (Lipinski definition) is 3. The molecular weight excluding hydrogens is 306 g/mol. The Hall–Kier alpha value is -2.04. The maximum absolute atomic E-state index is 12.4. The first-order chi connectivity index (χ1) is 10.8. The quantitative estimate of drug-likeness (QED) is 0.906. The van der Waals surface area contributed by atoms with Crippen LogP contribution in [0, 0.1) is 13.8 Å².